The average molecular weight is 132 g/mol. The van der Waals surface area contributed by atoms with E-state index in [1.807, 2.05) is 6.92 Å². The van der Waals surface area contributed by atoms with Gasteiger partial charge in [0.05, 0.1) is 6.61 Å². The van der Waals surface area contributed by atoms with Crippen molar-refractivity contribution in [1.29, 1.82) is 0 Å². The minimum absolute atomic E-state index is 0.125. The summed E-state index contributed by atoms with van der Waals surface area (Å²) < 4.78 is 4.77. The minimum atomic E-state index is -0.949. The Morgan fingerprint density at radius 3 is 2.44 bits per heavy atom. The van der Waals surface area contributed by atoms with Gasteiger partial charge in [-0.05, 0) is 6.42 Å². The van der Waals surface area contributed by atoms with E-state index in [1.165, 1.54) is 0 Å². The number of aliphatic hydroxyl groups is 2. The summed E-state index contributed by atoms with van der Waals surface area (Å²) in [6.45, 7) is 2.45. The molecule has 3 atom stereocenters. The van der Waals surface area contributed by atoms with Crippen LogP contribution < -0.4 is 0 Å². The Hall–Kier alpha value is -0.120. The molecule has 54 valence electrons. The van der Waals surface area contributed by atoms with E-state index in [0.29, 0.717) is 6.61 Å². The predicted molar refractivity (Wildman–Crippen MR) is 31.7 cm³/mol. The van der Waals surface area contributed by atoms with Crippen LogP contribution in [0.15, 0.2) is 0 Å². The summed E-state index contributed by atoms with van der Waals surface area (Å²) in [7, 11) is 0. The number of aliphatic hydroxyl groups excluding tert-OH is 2. The standard InChI is InChI=1S/C6H12O3/c1-2-4-3-9-6(8)5(4)7/h4-8H,2-3H2,1H3. The third kappa shape index (κ3) is 1.23. The topological polar surface area (TPSA) is 49.7 Å². The number of ether oxygens (including phenoxy) is 1. The highest BCUT2D eigenvalue weighted by Gasteiger charge is 2.32. The molecule has 0 amide bonds. The summed E-state index contributed by atoms with van der Waals surface area (Å²) in [5, 5.41) is 17.9. The zero-order valence-electron chi connectivity index (χ0n) is 5.45. The van der Waals surface area contributed by atoms with Crippen LogP contribution in [0.4, 0.5) is 0 Å². The van der Waals surface area contributed by atoms with Crippen LogP contribution in [0, 0.1) is 5.92 Å². The Morgan fingerprint density at radius 2 is 2.22 bits per heavy atom. The average Bonchev–Trinajstić information content (AvgIpc) is 2.15. The van der Waals surface area contributed by atoms with E-state index in [-0.39, 0.29) is 5.92 Å². The Bertz CT molecular complexity index is 94.3. The summed E-state index contributed by atoms with van der Waals surface area (Å²) >= 11 is 0. The highest BCUT2D eigenvalue weighted by Crippen LogP contribution is 2.20. The Morgan fingerprint density at radius 1 is 1.56 bits per heavy atom. The molecule has 0 radical (unpaired) electrons. The van der Waals surface area contributed by atoms with Gasteiger partial charge in [0.15, 0.2) is 6.29 Å². The molecule has 3 heteroatoms. The predicted octanol–water partition coefficient (Wildman–Crippen LogP) is -0.278. The second kappa shape index (κ2) is 2.64. The van der Waals surface area contributed by atoms with E-state index in [2.05, 4.69) is 0 Å². The summed E-state index contributed by atoms with van der Waals surface area (Å²) in [5.41, 5.74) is 0. The van der Waals surface area contributed by atoms with Crippen LogP contribution in [0.2, 0.25) is 0 Å². The SMILES string of the molecule is CCC1COC(O)C1O. The van der Waals surface area contributed by atoms with E-state index in [1.54, 1.807) is 0 Å². The fraction of sp³-hybridized carbons (Fsp3) is 1.00. The first kappa shape index (κ1) is 6.99. The van der Waals surface area contributed by atoms with Crippen LogP contribution >= 0.6 is 0 Å². The van der Waals surface area contributed by atoms with Crippen LogP contribution in [0.25, 0.3) is 0 Å². The zero-order chi connectivity index (χ0) is 6.85. The van der Waals surface area contributed by atoms with Gasteiger partial charge in [-0.25, -0.2) is 0 Å². The molecule has 0 aromatic heterocycles. The molecular weight excluding hydrogens is 120 g/mol. The first-order valence-electron chi connectivity index (χ1n) is 3.23. The first-order chi connectivity index (χ1) is 4.25. The number of hydrogen-bond acceptors (Lipinski definition) is 3. The molecule has 1 rings (SSSR count). The fourth-order valence-corrected chi connectivity index (χ4v) is 1.01. The van der Waals surface area contributed by atoms with E-state index < -0.39 is 12.4 Å². The van der Waals surface area contributed by atoms with Crippen LogP contribution in [-0.2, 0) is 4.74 Å². The van der Waals surface area contributed by atoms with E-state index >= 15 is 0 Å². The lowest BCUT2D eigenvalue weighted by molar-refractivity contribution is -0.109. The smallest absolute Gasteiger partial charge is 0.181 e. The van der Waals surface area contributed by atoms with Crippen LogP contribution in [-0.4, -0.2) is 29.2 Å². The van der Waals surface area contributed by atoms with Crippen molar-refractivity contribution in [3.63, 3.8) is 0 Å². The van der Waals surface area contributed by atoms with Gasteiger partial charge in [0.1, 0.15) is 6.10 Å². The second-order valence-electron chi connectivity index (χ2n) is 2.38. The molecule has 2 N–H and O–H groups in total. The molecule has 1 fully saturated rings. The van der Waals surface area contributed by atoms with Crippen LogP contribution in [0.1, 0.15) is 13.3 Å². The summed E-state index contributed by atoms with van der Waals surface area (Å²) in [6.07, 6.45) is -0.761. The van der Waals surface area contributed by atoms with Gasteiger partial charge >= 0.3 is 0 Å². The molecular formula is C6H12O3. The second-order valence-corrected chi connectivity index (χ2v) is 2.38. The molecule has 3 unspecified atom stereocenters. The molecule has 0 aromatic rings. The largest absolute Gasteiger partial charge is 0.387 e. The lowest BCUT2D eigenvalue weighted by Gasteiger charge is -2.09. The Kier molecular flexibility index (Phi) is 2.05. The Labute approximate surface area is 54.3 Å². The van der Waals surface area contributed by atoms with E-state index in [0.717, 1.165) is 6.42 Å². The molecule has 0 saturated carbocycles. The normalized spacial score (nSPS) is 43.7. The molecule has 0 spiro atoms. The molecule has 1 aliphatic rings. The van der Waals surface area contributed by atoms with Crippen molar-refractivity contribution >= 4 is 0 Å². The van der Waals surface area contributed by atoms with Gasteiger partial charge < -0.3 is 14.9 Å². The molecule has 3 nitrogen and oxygen atoms in total. The van der Waals surface area contributed by atoms with E-state index in [4.69, 9.17) is 14.9 Å². The molecule has 0 aromatic carbocycles. The molecule has 1 heterocycles. The van der Waals surface area contributed by atoms with Crippen LogP contribution in [0.3, 0.4) is 0 Å². The third-order valence-electron chi connectivity index (χ3n) is 1.78. The van der Waals surface area contributed by atoms with Gasteiger partial charge in [-0.1, -0.05) is 6.92 Å². The maximum Gasteiger partial charge on any atom is 0.181 e. The van der Waals surface area contributed by atoms with E-state index in [9.17, 15) is 0 Å². The Balaban J connectivity index is 2.41. The summed E-state index contributed by atoms with van der Waals surface area (Å²) in [5.74, 6) is 0.125. The first-order valence-corrected chi connectivity index (χ1v) is 3.23. The van der Waals surface area contributed by atoms with Crippen molar-refractivity contribution in [2.45, 2.75) is 25.7 Å². The van der Waals surface area contributed by atoms with Crippen molar-refractivity contribution in [3.05, 3.63) is 0 Å². The molecule has 9 heavy (non-hydrogen) atoms. The maximum atomic E-state index is 9.08. The number of hydrogen-bond donors (Lipinski definition) is 2. The lowest BCUT2D eigenvalue weighted by atomic mass is 10.0. The van der Waals surface area contributed by atoms with Gasteiger partial charge in [0, 0.05) is 5.92 Å². The molecule has 1 saturated heterocycles. The van der Waals surface area contributed by atoms with Crippen molar-refractivity contribution in [3.8, 4) is 0 Å². The summed E-state index contributed by atoms with van der Waals surface area (Å²) in [4.78, 5) is 0. The van der Waals surface area contributed by atoms with Crippen molar-refractivity contribution in [2.24, 2.45) is 5.92 Å². The van der Waals surface area contributed by atoms with Crippen molar-refractivity contribution in [2.75, 3.05) is 6.61 Å². The van der Waals surface area contributed by atoms with Crippen molar-refractivity contribution in [1.82, 2.24) is 0 Å². The molecule has 1 aliphatic heterocycles. The van der Waals surface area contributed by atoms with Crippen LogP contribution in [0.5, 0.6) is 0 Å². The molecule has 0 bridgehead atoms. The van der Waals surface area contributed by atoms with Gasteiger partial charge in [-0.3, -0.25) is 0 Å². The third-order valence-corrected chi connectivity index (χ3v) is 1.78. The quantitative estimate of drug-likeness (QED) is 0.516. The van der Waals surface area contributed by atoms with Gasteiger partial charge in [0.25, 0.3) is 0 Å². The zero-order valence-corrected chi connectivity index (χ0v) is 5.45. The molecule has 0 aliphatic carbocycles. The lowest BCUT2D eigenvalue weighted by Crippen LogP contribution is -2.25. The minimum Gasteiger partial charge on any atom is -0.387 e. The van der Waals surface area contributed by atoms with Gasteiger partial charge in [0.2, 0.25) is 0 Å². The van der Waals surface area contributed by atoms with Crippen molar-refractivity contribution < 1.29 is 14.9 Å². The monoisotopic (exact) mass is 132 g/mol. The highest BCUT2D eigenvalue weighted by atomic mass is 16.6. The van der Waals surface area contributed by atoms with Gasteiger partial charge in [-0.15, -0.1) is 0 Å². The van der Waals surface area contributed by atoms with Gasteiger partial charge in [-0.2, -0.15) is 0 Å². The highest BCUT2D eigenvalue weighted by molar-refractivity contribution is 4.75. The summed E-state index contributed by atoms with van der Waals surface area (Å²) in [6, 6.07) is 0. The maximum absolute atomic E-state index is 9.08. The fourth-order valence-electron chi connectivity index (χ4n) is 1.01. The number of rotatable bonds is 1.